The maximum atomic E-state index is 12.4. The largest absolute Gasteiger partial charge is 0.494 e. The number of hydrogen-bond acceptors (Lipinski definition) is 5. The van der Waals surface area contributed by atoms with Crippen molar-refractivity contribution in [3.05, 3.63) is 94.8 Å². The quantitative estimate of drug-likeness (QED) is 0.355. The summed E-state index contributed by atoms with van der Waals surface area (Å²) in [5.74, 6) is 0.827. The zero-order valence-corrected chi connectivity index (χ0v) is 22.6. The lowest BCUT2D eigenvalue weighted by atomic mass is 10.0. The smallest absolute Gasteiger partial charge is 0.253 e. The van der Waals surface area contributed by atoms with Crippen LogP contribution in [-0.2, 0) is 19.4 Å². The van der Waals surface area contributed by atoms with E-state index < -0.39 is 0 Å². The standard InChI is InChI=1S/C28H32N4O3.2ClH/c1-32(28(34)22-6-3-2-4-7-22)16-15-29-20-21-11-13-30-24(18-21)8-5-17-35-25-9-10-26-23(19-25)12-14-31-27(26)33;;/h2-4,6-7,9-11,13,18-19,29H,5,8,12,14-17,20H2,1H3,(H,31,33);2*1H. The number of nitrogens with one attached hydrogen (secondary N) is 2. The number of likely N-dealkylation sites (N-methyl/N-ethyl adjacent to an activating group) is 1. The molecule has 0 fully saturated rings. The van der Waals surface area contributed by atoms with Crippen LogP contribution in [0.3, 0.4) is 0 Å². The molecule has 1 aromatic heterocycles. The average Bonchev–Trinajstić information content (AvgIpc) is 2.89. The Morgan fingerprint density at radius 1 is 1.11 bits per heavy atom. The summed E-state index contributed by atoms with van der Waals surface area (Å²) < 4.78 is 5.91. The molecule has 0 atom stereocenters. The molecule has 0 spiro atoms. The van der Waals surface area contributed by atoms with Crippen LogP contribution in [0.4, 0.5) is 0 Å². The first-order valence-corrected chi connectivity index (χ1v) is 12.1. The number of aromatic nitrogens is 1. The Labute approximate surface area is 230 Å². The molecule has 2 aromatic carbocycles. The van der Waals surface area contributed by atoms with E-state index in [2.05, 4.69) is 21.7 Å². The van der Waals surface area contributed by atoms with Crippen molar-refractivity contribution in [1.29, 1.82) is 0 Å². The summed E-state index contributed by atoms with van der Waals surface area (Å²) in [5.41, 5.74) is 4.69. The second-order valence-corrected chi connectivity index (χ2v) is 8.70. The number of aryl methyl sites for hydroxylation is 1. The molecule has 2 amide bonds. The highest BCUT2D eigenvalue weighted by Crippen LogP contribution is 2.21. The normalized spacial score (nSPS) is 11.9. The van der Waals surface area contributed by atoms with Gasteiger partial charge in [0.2, 0.25) is 0 Å². The number of amides is 2. The highest BCUT2D eigenvalue weighted by atomic mass is 35.5. The minimum absolute atomic E-state index is 0. The van der Waals surface area contributed by atoms with Gasteiger partial charge in [-0.15, -0.1) is 24.8 Å². The van der Waals surface area contributed by atoms with Crippen LogP contribution < -0.4 is 15.4 Å². The lowest BCUT2D eigenvalue weighted by Crippen LogP contribution is -2.33. The summed E-state index contributed by atoms with van der Waals surface area (Å²) in [5, 5.41) is 6.27. The van der Waals surface area contributed by atoms with Crippen LogP contribution in [0.1, 0.15) is 44.0 Å². The van der Waals surface area contributed by atoms with E-state index in [1.807, 2.05) is 67.8 Å². The molecule has 0 bridgehead atoms. The fourth-order valence-electron chi connectivity index (χ4n) is 4.09. The van der Waals surface area contributed by atoms with Crippen LogP contribution in [-0.4, -0.2) is 55.0 Å². The van der Waals surface area contributed by atoms with E-state index in [0.29, 0.717) is 31.8 Å². The van der Waals surface area contributed by atoms with Gasteiger partial charge in [0.1, 0.15) is 5.75 Å². The molecule has 2 N–H and O–H groups in total. The minimum atomic E-state index is -0.00839. The highest BCUT2D eigenvalue weighted by Gasteiger charge is 2.16. The highest BCUT2D eigenvalue weighted by molar-refractivity contribution is 5.96. The molecule has 2 heterocycles. The molecule has 198 valence electrons. The molecule has 0 radical (unpaired) electrons. The number of halogens is 2. The molecular weight excluding hydrogens is 511 g/mol. The Morgan fingerprint density at radius 3 is 2.73 bits per heavy atom. The van der Waals surface area contributed by atoms with Crippen LogP contribution in [0.15, 0.2) is 66.9 Å². The number of benzene rings is 2. The zero-order chi connectivity index (χ0) is 24.5. The van der Waals surface area contributed by atoms with E-state index in [0.717, 1.165) is 48.4 Å². The van der Waals surface area contributed by atoms with Gasteiger partial charge in [0, 0.05) is 56.2 Å². The molecule has 0 aliphatic carbocycles. The van der Waals surface area contributed by atoms with Gasteiger partial charge in [-0.3, -0.25) is 14.6 Å². The van der Waals surface area contributed by atoms with Gasteiger partial charge in [-0.1, -0.05) is 18.2 Å². The van der Waals surface area contributed by atoms with Crippen molar-refractivity contribution in [2.24, 2.45) is 0 Å². The number of fused-ring (bicyclic) bond motifs is 1. The van der Waals surface area contributed by atoms with Gasteiger partial charge in [-0.05, 0) is 72.9 Å². The predicted octanol–water partition coefficient (Wildman–Crippen LogP) is 4.08. The van der Waals surface area contributed by atoms with Crippen LogP contribution >= 0.6 is 24.8 Å². The number of rotatable bonds is 11. The van der Waals surface area contributed by atoms with Crippen molar-refractivity contribution in [3.8, 4) is 5.75 Å². The minimum Gasteiger partial charge on any atom is -0.494 e. The Hall–Kier alpha value is -3.13. The molecule has 1 aliphatic rings. The maximum Gasteiger partial charge on any atom is 0.253 e. The monoisotopic (exact) mass is 544 g/mol. The first-order chi connectivity index (χ1) is 17.1. The number of carbonyl (C=O) groups excluding carboxylic acids is 2. The Kier molecular flexibility index (Phi) is 12.4. The molecule has 9 heteroatoms. The van der Waals surface area contributed by atoms with E-state index >= 15 is 0 Å². The van der Waals surface area contributed by atoms with Crippen LogP contribution in [0.2, 0.25) is 0 Å². The van der Waals surface area contributed by atoms with Crippen molar-refractivity contribution in [2.45, 2.75) is 25.8 Å². The van der Waals surface area contributed by atoms with Crippen molar-refractivity contribution in [3.63, 3.8) is 0 Å². The van der Waals surface area contributed by atoms with Gasteiger partial charge in [-0.2, -0.15) is 0 Å². The number of ether oxygens (including phenoxy) is 1. The molecule has 4 rings (SSSR count). The molecule has 0 saturated heterocycles. The molecular formula is C28H34Cl2N4O3. The molecule has 37 heavy (non-hydrogen) atoms. The average molecular weight is 546 g/mol. The van der Waals surface area contributed by atoms with Gasteiger partial charge in [0.25, 0.3) is 11.8 Å². The van der Waals surface area contributed by atoms with Crippen molar-refractivity contribution in [1.82, 2.24) is 20.5 Å². The second-order valence-electron chi connectivity index (χ2n) is 8.70. The third-order valence-corrected chi connectivity index (χ3v) is 6.05. The second kappa shape index (κ2) is 15.2. The van der Waals surface area contributed by atoms with Crippen molar-refractivity contribution >= 4 is 36.6 Å². The fraction of sp³-hybridized carbons (Fsp3) is 0.321. The van der Waals surface area contributed by atoms with E-state index in [-0.39, 0.29) is 36.6 Å². The zero-order valence-electron chi connectivity index (χ0n) is 20.9. The van der Waals surface area contributed by atoms with Gasteiger partial charge < -0.3 is 20.3 Å². The number of pyridine rings is 1. The maximum absolute atomic E-state index is 12.4. The summed E-state index contributed by atoms with van der Waals surface area (Å²) in [6, 6.07) is 19.1. The molecule has 7 nitrogen and oxygen atoms in total. The number of nitrogens with zero attached hydrogens (tertiary/aromatic N) is 2. The van der Waals surface area contributed by atoms with Crippen LogP contribution in [0.25, 0.3) is 0 Å². The van der Waals surface area contributed by atoms with Crippen molar-refractivity contribution < 1.29 is 14.3 Å². The van der Waals surface area contributed by atoms with E-state index in [1.165, 1.54) is 5.56 Å². The van der Waals surface area contributed by atoms with Gasteiger partial charge in [-0.25, -0.2) is 0 Å². The fourth-order valence-corrected chi connectivity index (χ4v) is 4.09. The lowest BCUT2D eigenvalue weighted by molar-refractivity contribution is 0.0795. The third-order valence-electron chi connectivity index (χ3n) is 6.05. The van der Waals surface area contributed by atoms with Crippen LogP contribution in [0.5, 0.6) is 5.75 Å². The summed E-state index contributed by atoms with van der Waals surface area (Å²) in [4.78, 5) is 30.5. The first kappa shape index (κ1) is 30.1. The molecule has 3 aromatic rings. The Balaban J connectivity index is 0.00000241. The van der Waals surface area contributed by atoms with E-state index in [4.69, 9.17) is 4.74 Å². The summed E-state index contributed by atoms with van der Waals surface area (Å²) >= 11 is 0. The SMILES string of the molecule is CN(CCNCc1ccnc(CCCOc2ccc3c(c2)CCNC3=O)c1)C(=O)c1ccccc1.Cl.Cl. The third kappa shape index (κ3) is 8.74. The molecule has 0 saturated carbocycles. The lowest BCUT2D eigenvalue weighted by Gasteiger charge is -2.17. The Bertz CT molecular complexity index is 1160. The van der Waals surface area contributed by atoms with E-state index in [1.54, 1.807) is 4.90 Å². The molecule has 1 aliphatic heterocycles. The molecule has 0 unspecified atom stereocenters. The predicted molar refractivity (Wildman–Crippen MR) is 150 cm³/mol. The van der Waals surface area contributed by atoms with Gasteiger partial charge >= 0.3 is 0 Å². The summed E-state index contributed by atoms with van der Waals surface area (Å²) in [6.07, 6.45) is 4.36. The van der Waals surface area contributed by atoms with E-state index in [9.17, 15) is 9.59 Å². The Morgan fingerprint density at radius 2 is 1.92 bits per heavy atom. The van der Waals surface area contributed by atoms with Gasteiger partial charge in [0.15, 0.2) is 0 Å². The first-order valence-electron chi connectivity index (χ1n) is 12.1. The number of hydrogen-bond donors (Lipinski definition) is 2. The summed E-state index contributed by atoms with van der Waals surface area (Å²) in [6.45, 7) is 3.34. The van der Waals surface area contributed by atoms with Gasteiger partial charge in [0.05, 0.1) is 6.61 Å². The topological polar surface area (TPSA) is 83.6 Å². The van der Waals surface area contributed by atoms with Crippen LogP contribution in [0, 0.1) is 0 Å². The number of carbonyl (C=O) groups is 2. The van der Waals surface area contributed by atoms with Crippen molar-refractivity contribution in [2.75, 3.05) is 33.3 Å². The summed E-state index contributed by atoms with van der Waals surface area (Å²) in [7, 11) is 1.82.